The Bertz CT molecular complexity index is 1180. The van der Waals surface area contributed by atoms with Gasteiger partial charge in [-0.1, -0.05) is 23.7 Å². The normalized spacial score (nSPS) is 11.1. The van der Waals surface area contributed by atoms with Crippen molar-refractivity contribution in [2.24, 2.45) is 0 Å². The average molecular weight is 440 g/mol. The number of halogens is 3. The van der Waals surface area contributed by atoms with Crippen LogP contribution >= 0.6 is 11.6 Å². The lowest BCUT2D eigenvalue weighted by Crippen LogP contribution is -2.16. The maximum absolute atomic E-state index is 13.5. The SMILES string of the molecule is O=C(O)c1cc(F)c(F)cc1NS(=O)(=O)c1ccc(Oc2ccccc2Cl)cc1. The molecule has 10 heteroatoms. The summed E-state index contributed by atoms with van der Waals surface area (Å²) in [5.41, 5.74) is -1.33. The molecule has 0 saturated carbocycles. The van der Waals surface area contributed by atoms with Crippen LogP contribution in [0.5, 0.6) is 11.5 Å². The maximum Gasteiger partial charge on any atom is 0.337 e. The van der Waals surface area contributed by atoms with Crippen LogP contribution in [0.2, 0.25) is 5.02 Å². The molecule has 6 nitrogen and oxygen atoms in total. The van der Waals surface area contributed by atoms with Gasteiger partial charge in [0.2, 0.25) is 0 Å². The number of carboxylic acids is 1. The van der Waals surface area contributed by atoms with Gasteiger partial charge in [-0.3, -0.25) is 4.72 Å². The molecule has 3 aromatic carbocycles. The Labute approximate surface area is 169 Å². The second-order valence-corrected chi connectivity index (χ2v) is 7.82. The molecule has 0 aromatic heterocycles. The van der Waals surface area contributed by atoms with E-state index in [9.17, 15) is 22.0 Å². The number of aromatic carboxylic acids is 1. The smallest absolute Gasteiger partial charge is 0.337 e. The Morgan fingerprint density at radius 2 is 1.62 bits per heavy atom. The van der Waals surface area contributed by atoms with Crippen LogP contribution in [0.15, 0.2) is 65.6 Å². The first kappa shape index (κ1) is 20.6. The third-order valence-electron chi connectivity index (χ3n) is 3.73. The molecule has 0 spiro atoms. The van der Waals surface area contributed by atoms with Crippen molar-refractivity contribution in [1.29, 1.82) is 0 Å². The van der Waals surface area contributed by atoms with E-state index in [2.05, 4.69) is 0 Å². The maximum atomic E-state index is 13.5. The van der Waals surface area contributed by atoms with Crippen molar-refractivity contribution in [3.8, 4) is 11.5 Å². The van der Waals surface area contributed by atoms with E-state index < -0.39 is 38.9 Å². The summed E-state index contributed by atoms with van der Waals surface area (Å²) in [4.78, 5) is 11.0. The highest BCUT2D eigenvalue weighted by Gasteiger charge is 2.21. The first-order chi connectivity index (χ1) is 13.7. The quantitative estimate of drug-likeness (QED) is 0.569. The van der Waals surface area contributed by atoms with Gasteiger partial charge in [0.1, 0.15) is 11.5 Å². The molecule has 0 amide bonds. The predicted molar refractivity (Wildman–Crippen MR) is 102 cm³/mol. The number of anilines is 1. The van der Waals surface area contributed by atoms with Gasteiger partial charge in [0.15, 0.2) is 11.6 Å². The first-order valence-corrected chi connectivity index (χ1v) is 9.81. The molecule has 0 atom stereocenters. The van der Waals surface area contributed by atoms with Crippen LogP contribution in [-0.4, -0.2) is 19.5 Å². The molecule has 0 fully saturated rings. The number of nitrogens with one attached hydrogen (secondary N) is 1. The van der Waals surface area contributed by atoms with E-state index in [1.807, 2.05) is 4.72 Å². The number of para-hydroxylation sites is 1. The van der Waals surface area contributed by atoms with E-state index in [4.69, 9.17) is 21.4 Å². The summed E-state index contributed by atoms with van der Waals surface area (Å²) in [5, 5.41) is 9.46. The molecule has 0 aliphatic rings. The molecule has 3 aromatic rings. The summed E-state index contributed by atoms with van der Waals surface area (Å²) in [6, 6.07) is 12.7. The van der Waals surface area contributed by atoms with Crippen molar-refractivity contribution in [3.63, 3.8) is 0 Å². The number of hydrogen-bond acceptors (Lipinski definition) is 4. The lowest BCUT2D eigenvalue weighted by Gasteiger charge is -2.12. The van der Waals surface area contributed by atoms with Gasteiger partial charge in [-0.05, 0) is 42.5 Å². The fourth-order valence-electron chi connectivity index (χ4n) is 2.35. The Kier molecular flexibility index (Phi) is 5.71. The van der Waals surface area contributed by atoms with Crippen molar-refractivity contribution in [2.45, 2.75) is 4.90 Å². The molecule has 29 heavy (non-hydrogen) atoms. The molecular formula is C19H12ClF2NO5S. The van der Waals surface area contributed by atoms with Crippen molar-refractivity contribution in [1.82, 2.24) is 0 Å². The minimum atomic E-state index is -4.28. The first-order valence-electron chi connectivity index (χ1n) is 7.95. The minimum absolute atomic E-state index is 0.245. The van der Waals surface area contributed by atoms with Crippen LogP contribution in [0.3, 0.4) is 0 Å². The van der Waals surface area contributed by atoms with Crippen LogP contribution in [-0.2, 0) is 10.0 Å². The fraction of sp³-hybridized carbons (Fsp3) is 0. The molecule has 0 heterocycles. The molecule has 2 N–H and O–H groups in total. The number of ether oxygens (including phenoxy) is 1. The van der Waals surface area contributed by atoms with Gasteiger partial charge >= 0.3 is 5.97 Å². The van der Waals surface area contributed by atoms with E-state index in [1.54, 1.807) is 24.3 Å². The largest absolute Gasteiger partial charge is 0.478 e. The molecule has 0 aliphatic heterocycles. The lowest BCUT2D eigenvalue weighted by atomic mass is 10.2. The van der Waals surface area contributed by atoms with Crippen LogP contribution in [0.4, 0.5) is 14.5 Å². The lowest BCUT2D eigenvalue weighted by molar-refractivity contribution is 0.0697. The summed E-state index contributed by atoms with van der Waals surface area (Å²) in [5.74, 6) is -3.75. The third-order valence-corrected chi connectivity index (χ3v) is 5.43. The highest BCUT2D eigenvalue weighted by Crippen LogP contribution is 2.30. The number of carboxylic acid groups (broad SMARTS) is 1. The van der Waals surface area contributed by atoms with Gasteiger partial charge in [-0.25, -0.2) is 22.0 Å². The summed E-state index contributed by atoms with van der Waals surface area (Å²) in [6.45, 7) is 0. The zero-order valence-electron chi connectivity index (χ0n) is 14.4. The van der Waals surface area contributed by atoms with Crippen LogP contribution in [0.1, 0.15) is 10.4 Å². The number of carbonyl (C=O) groups is 1. The number of rotatable bonds is 6. The van der Waals surface area contributed by atoms with Crippen molar-refractivity contribution in [3.05, 3.63) is 82.9 Å². The summed E-state index contributed by atoms with van der Waals surface area (Å²) in [6.07, 6.45) is 0. The summed E-state index contributed by atoms with van der Waals surface area (Å²) in [7, 11) is -4.28. The van der Waals surface area contributed by atoms with E-state index in [1.165, 1.54) is 24.3 Å². The van der Waals surface area contributed by atoms with Crippen LogP contribution in [0.25, 0.3) is 0 Å². The summed E-state index contributed by atoms with van der Waals surface area (Å²) >= 11 is 6.00. The molecule has 150 valence electrons. The number of benzene rings is 3. The zero-order chi connectivity index (χ0) is 21.2. The molecule has 3 rings (SSSR count). The minimum Gasteiger partial charge on any atom is -0.478 e. The predicted octanol–water partition coefficient (Wildman–Crippen LogP) is 4.91. The molecule has 0 saturated heterocycles. The van der Waals surface area contributed by atoms with Gasteiger partial charge in [-0.15, -0.1) is 0 Å². The molecule has 0 bridgehead atoms. The molecular weight excluding hydrogens is 428 g/mol. The third kappa shape index (κ3) is 4.64. The van der Waals surface area contributed by atoms with Gasteiger partial charge in [-0.2, -0.15) is 0 Å². The Morgan fingerprint density at radius 1 is 1.00 bits per heavy atom. The van der Waals surface area contributed by atoms with Crippen molar-refractivity contribution < 1.29 is 31.8 Å². The van der Waals surface area contributed by atoms with Crippen LogP contribution in [0, 0.1) is 11.6 Å². The Hall–Kier alpha value is -3.17. The van der Waals surface area contributed by atoms with E-state index in [0.717, 1.165) is 0 Å². The van der Waals surface area contributed by atoms with Gasteiger partial charge in [0, 0.05) is 6.07 Å². The topological polar surface area (TPSA) is 92.7 Å². The Morgan fingerprint density at radius 3 is 2.24 bits per heavy atom. The van der Waals surface area contributed by atoms with E-state index in [0.29, 0.717) is 28.7 Å². The van der Waals surface area contributed by atoms with E-state index >= 15 is 0 Å². The zero-order valence-corrected chi connectivity index (χ0v) is 16.0. The van der Waals surface area contributed by atoms with Gasteiger partial charge in [0.25, 0.3) is 10.0 Å². The van der Waals surface area contributed by atoms with Crippen molar-refractivity contribution in [2.75, 3.05) is 4.72 Å². The Balaban J connectivity index is 1.86. The van der Waals surface area contributed by atoms with Crippen LogP contribution < -0.4 is 9.46 Å². The average Bonchev–Trinajstić information content (AvgIpc) is 2.66. The molecule has 0 aliphatic carbocycles. The highest BCUT2D eigenvalue weighted by molar-refractivity contribution is 7.92. The number of sulfonamides is 1. The standard InChI is InChI=1S/C19H12ClF2NO5S/c20-14-3-1-2-4-18(14)28-11-5-7-12(8-6-11)29(26,27)23-17-10-16(22)15(21)9-13(17)19(24)25/h1-10,23H,(H,24,25). The fourth-order valence-corrected chi connectivity index (χ4v) is 3.60. The van der Waals surface area contributed by atoms with Gasteiger partial charge < -0.3 is 9.84 Å². The van der Waals surface area contributed by atoms with Crippen molar-refractivity contribution >= 4 is 33.3 Å². The van der Waals surface area contributed by atoms with Gasteiger partial charge in [0.05, 0.1) is 21.2 Å². The molecule has 0 radical (unpaired) electrons. The second-order valence-electron chi connectivity index (χ2n) is 5.73. The monoisotopic (exact) mass is 439 g/mol. The second kappa shape index (κ2) is 8.06. The highest BCUT2D eigenvalue weighted by atomic mass is 35.5. The van der Waals surface area contributed by atoms with E-state index in [-0.39, 0.29) is 4.90 Å². The summed E-state index contributed by atoms with van der Waals surface area (Å²) < 4.78 is 59.3. The molecule has 0 unspecified atom stereocenters. The number of hydrogen-bond donors (Lipinski definition) is 2.